The number of methoxy groups -OCH3 is 1. The second-order valence-electron chi connectivity index (χ2n) is 9.25. The molecule has 0 unspecified atom stereocenters. The summed E-state index contributed by atoms with van der Waals surface area (Å²) in [4.78, 5) is 45.4. The lowest BCUT2D eigenvalue weighted by Crippen LogP contribution is -2.39. The Balaban J connectivity index is 0.000000179. The van der Waals surface area contributed by atoms with Crippen LogP contribution in [0.2, 0.25) is 0 Å². The molecule has 2 aliphatic heterocycles. The van der Waals surface area contributed by atoms with E-state index in [1.807, 2.05) is 58.3 Å². The first-order chi connectivity index (χ1) is 18.0. The summed E-state index contributed by atoms with van der Waals surface area (Å²) in [6, 6.07) is 15.9. The van der Waals surface area contributed by atoms with Gasteiger partial charge in [0, 0.05) is 58.9 Å². The first-order valence-electron chi connectivity index (χ1n) is 13.1. The molecule has 9 heteroatoms. The van der Waals surface area contributed by atoms with Gasteiger partial charge in [-0.1, -0.05) is 42.8 Å². The predicted molar refractivity (Wildman–Crippen MR) is 144 cm³/mol. The zero-order valence-corrected chi connectivity index (χ0v) is 22.0. The number of hydrogen-bond donors (Lipinski definition) is 1. The Bertz CT molecular complexity index is 1130. The van der Waals surface area contributed by atoms with Crippen LogP contribution in [0.1, 0.15) is 51.5 Å². The monoisotopic (exact) mass is 509 g/mol. The van der Waals surface area contributed by atoms with Crippen LogP contribution in [0.5, 0.6) is 0 Å². The third-order valence-electron chi connectivity index (χ3n) is 6.67. The van der Waals surface area contributed by atoms with Gasteiger partial charge in [0.25, 0.3) is 0 Å². The third-order valence-corrected chi connectivity index (χ3v) is 6.67. The summed E-state index contributed by atoms with van der Waals surface area (Å²) >= 11 is 0. The van der Waals surface area contributed by atoms with E-state index in [-0.39, 0.29) is 17.6 Å². The van der Waals surface area contributed by atoms with Crippen molar-refractivity contribution in [1.29, 1.82) is 0 Å². The lowest BCUT2D eigenvalue weighted by molar-refractivity contribution is -0.131. The van der Waals surface area contributed by atoms with Crippen molar-refractivity contribution in [3.05, 3.63) is 65.2 Å². The first-order valence-corrected chi connectivity index (χ1v) is 13.1. The van der Waals surface area contributed by atoms with Crippen LogP contribution in [-0.4, -0.2) is 76.0 Å². The number of rotatable bonds is 4. The van der Waals surface area contributed by atoms with Crippen LogP contribution < -0.4 is 5.69 Å². The molecule has 0 bridgehead atoms. The number of aromatic amines is 1. The highest BCUT2D eigenvalue weighted by Crippen LogP contribution is 2.24. The molecule has 2 aliphatic rings. The maximum atomic E-state index is 12.0. The van der Waals surface area contributed by atoms with Crippen molar-refractivity contribution in [2.75, 3.05) is 39.9 Å². The normalized spacial score (nSPS) is 16.3. The zero-order chi connectivity index (χ0) is 26.5. The van der Waals surface area contributed by atoms with Gasteiger partial charge in [0.05, 0.1) is 12.1 Å². The number of carbonyl (C=O) groups is 2. The molecule has 2 saturated heterocycles. The number of H-pyrrole nitrogens is 1. The fraction of sp³-hybridized carbons (Fsp3) is 0.500. The number of piperidine rings is 1. The topological polar surface area (TPSA) is 101 Å². The zero-order valence-electron chi connectivity index (χ0n) is 22.0. The maximum absolute atomic E-state index is 12.0. The number of aromatic nitrogens is 3. The molecule has 0 radical (unpaired) electrons. The van der Waals surface area contributed by atoms with Gasteiger partial charge in [0.15, 0.2) is 5.65 Å². The Morgan fingerprint density at radius 2 is 1.68 bits per heavy atom. The Labute approximate surface area is 218 Å². The summed E-state index contributed by atoms with van der Waals surface area (Å²) < 4.78 is 6.72. The number of amides is 2. The van der Waals surface area contributed by atoms with Gasteiger partial charge in [-0.25, -0.2) is 9.78 Å². The van der Waals surface area contributed by atoms with Crippen molar-refractivity contribution in [2.45, 2.75) is 51.5 Å². The fourth-order valence-electron chi connectivity index (χ4n) is 4.62. The molecular formula is C28H39N5O4. The number of ether oxygens (including phenoxy) is 1. The number of carbonyl (C=O) groups excluding carboxylic acids is 2. The molecule has 5 rings (SSSR count). The van der Waals surface area contributed by atoms with Gasteiger partial charge < -0.3 is 14.5 Å². The van der Waals surface area contributed by atoms with Gasteiger partial charge in [-0.2, -0.15) is 0 Å². The van der Waals surface area contributed by atoms with Gasteiger partial charge in [-0.15, -0.1) is 0 Å². The number of nitrogens with one attached hydrogen (secondary N) is 1. The summed E-state index contributed by atoms with van der Waals surface area (Å²) in [5.41, 5.74) is 1.35. The molecule has 9 nitrogen and oxygen atoms in total. The molecule has 2 aromatic heterocycles. The van der Waals surface area contributed by atoms with Crippen LogP contribution in [0, 0.1) is 0 Å². The molecule has 0 saturated carbocycles. The van der Waals surface area contributed by atoms with Crippen molar-refractivity contribution in [3.63, 3.8) is 0 Å². The van der Waals surface area contributed by atoms with E-state index >= 15 is 0 Å². The predicted octanol–water partition coefficient (Wildman–Crippen LogP) is 3.63. The van der Waals surface area contributed by atoms with Crippen molar-refractivity contribution in [2.24, 2.45) is 0 Å². The highest BCUT2D eigenvalue weighted by molar-refractivity contribution is 5.76. The van der Waals surface area contributed by atoms with Crippen LogP contribution in [0.25, 0.3) is 11.2 Å². The van der Waals surface area contributed by atoms with Crippen molar-refractivity contribution < 1.29 is 14.3 Å². The maximum Gasteiger partial charge on any atom is 0.327 e. The Kier molecular flexibility index (Phi) is 11.4. The Morgan fingerprint density at radius 1 is 1.00 bits per heavy atom. The molecule has 3 aromatic rings. The molecule has 200 valence electrons. The van der Waals surface area contributed by atoms with Crippen LogP contribution in [0.4, 0.5) is 0 Å². The SMILES string of the molecule is CC(=O)N1CCC(n2c(=O)[nH]c3ncccc32)CC1.COCCN1CCCCCC1=O.c1ccccc1. The average Bonchev–Trinajstić information content (AvgIpc) is 3.13. The summed E-state index contributed by atoms with van der Waals surface area (Å²) in [5, 5.41) is 0. The molecule has 0 atom stereocenters. The number of benzene rings is 1. The molecule has 1 N–H and O–H groups in total. The van der Waals surface area contributed by atoms with Gasteiger partial charge in [0.2, 0.25) is 11.8 Å². The summed E-state index contributed by atoms with van der Waals surface area (Å²) in [7, 11) is 1.67. The van der Waals surface area contributed by atoms with E-state index in [0.29, 0.717) is 31.3 Å². The van der Waals surface area contributed by atoms with E-state index in [0.717, 1.165) is 50.7 Å². The Hall–Kier alpha value is -3.46. The number of fused-ring (bicyclic) bond motifs is 1. The highest BCUT2D eigenvalue weighted by Gasteiger charge is 2.24. The standard InChI is InChI=1S/C13H16N4O2.C9H17NO2.C6H6/c1-9(18)16-7-4-10(5-8-16)17-11-3-2-6-14-12(11)15-13(17)19;1-12-8-7-10-6-4-2-3-5-9(10)11;1-2-4-6-5-3-1/h2-3,6,10H,4-5,7-8H2,1H3,(H,14,15,19);2-8H2,1H3;1-6H. The number of pyridine rings is 1. The van der Waals surface area contributed by atoms with Crippen molar-refractivity contribution >= 4 is 23.0 Å². The molecule has 2 fully saturated rings. The number of hydrogen-bond acceptors (Lipinski definition) is 5. The second kappa shape index (κ2) is 14.9. The van der Waals surface area contributed by atoms with Crippen LogP contribution in [-0.2, 0) is 14.3 Å². The van der Waals surface area contributed by atoms with Gasteiger partial charge in [-0.3, -0.25) is 19.1 Å². The number of nitrogens with zero attached hydrogens (tertiary/aromatic N) is 4. The summed E-state index contributed by atoms with van der Waals surface area (Å²) in [6.45, 7) is 5.34. The smallest absolute Gasteiger partial charge is 0.327 e. The number of imidazole rings is 1. The van der Waals surface area contributed by atoms with Gasteiger partial charge in [-0.05, 0) is 37.8 Å². The van der Waals surface area contributed by atoms with Gasteiger partial charge in [0.1, 0.15) is 0 Å². The molecule has 1 aromatic carbocycles. The molecule has 2 amide bonds. The molecule has 0 aliphatic carbocycles. The van der Waals surface area contributed by atoms with Crippen LogP contribution in [0.15, 0.2) is 59.5 Å². The van der Waals surface area contributed by atoms with E-state index < -0.39 is 0 Å². The van der Waals surface area contributed by atoms with Crippen molar-refractivity contribution in [1.82, 2.24) is 24.3 Å². The minimum absolute atomic E-state index is 0.103. The van der Waals surface area contributed by atoms with E-state index in [9.17, 15) is 14.4 Å². The molecule has 37 heavy (non-hydrogen) atoms. The number of likely N-dealkylation sites (tertiary alicyclic amines) is 2. The van der Waals surface area contributed by atoms with E-state index in [1.54, 1.807) is 24.8 Å². The van der Waals surface area contributed by atoms with Crippen molar-refractivity contribution in [3.8, 4) is 0 Å². The second-order valence-corrected chi connectivity index (χ2v) is 9.25. The lowest BCUT2D eigenvalue weighted by atomic mass is 10.0. The highest BCUT2D eigenvalue weighted by atomic mass is 16.5. The quantitative estimate of drug-likeness (QED) is 0.579. The van der Waals surface area contributed by atoms with Crippen LogP contribution in [0.3, 0.4) is 0 Å². The minimum Gasteiger partial charge on any atom is -0.383 e. The average molecular weight is 510 g/mol. The molecule has 0 spiro atoms. The fourth-order valence-corrected chi connectivity index (χ4v) is 4.62. The third kappa shape index (κ3) is 8.56. The molecule has 4 heterocycles. The van der Waals surface area contributed by atoms with E-state index in [1.165, 1.54) is 6.42 Å². The molecular weight excluding hydrogens is 470 g/mol. The Morgan fingerprint density at radius 3 is 2.30 bits per heavy atom. The first kappa shape index (κ1) is 28.1. The van der Waals surface area contributed by atoms with Crippen LogP contribution >= 0.6 is 0 Å². The summed E-state index contributed by atoms with van der Waals surface area (Å²) in [5.74, 6) is 0.399. The minimum atomic E-state index is -0.116. The van der Waals surface area contributed by atoms with E-state index in [2.05, 4.69) is 9.97 Å². The van der Waals surface area contributed by atoms with E-state index in [4.69, 9.17) is 4.74 Å². The van der Waals surface area contributed by atoms with Gasteiger partial charge >= 0.3 is 5.69 Å². The summed E-state index contributed by atoms with van der Waals surface area (Å²) in [6.07, 6.45) is 7.40. The lowest BCUT2D eigenvalue weighted by Gasteiger charge is -2.31. The largest absolute Gasteiger partial charge is 0.383 e.